The molecule has 15 heavy (non-hydrogen) atoms. The second-order valence-corrected chi connectivity index (χ2v) is 5.69. The Morgan fingerprint density at radius 2 is 2.33 bits per heavy atom. The van der Waals surface area contributed by atoms with E-state index in [1.165, 1.54) is 6.26 Å². The Morgan fingerprint density at radius 3 is 2.80 bits per heavy atom. The number of halogens is 2. The fourth-order valence-corrected chi connectivity index (χ4v) is 1.74. The summed E-state index contributed by atoms with van der Waals surface area (Å²) in [6.07, 6.45) is 2.43. The summed E-state index contributed by atoms with van der Waals surface area (Å²) < 4.78 is 5.51. The average molecular weight is 339 g/mol. The van der Waals surface area contributed by atoms with Gasteiger partial charge in [-0.1, -0.05) is 22.9 Å². The molecule has 1 aromatic heterocycles. The Balaban J connectivity index is 2.57. The molecular formula is C10H13Br2NO2. The van der Waals surface area contributed by atoms with Gasteiger partial charge in [-0.15, -0.1) is 0 Å². The third kappa shape index (κ3) is 3.65. The lowest BCUT2D eigenvalue weighted by Gasteiger charge is -2.17. The zero-order valence-corrected chi connectivity index (χ0v) is 11.8. The van der Waals surface area contributed by atoms with Crippen molar-refractivity contribution >= 4 is 37.8 Å². The van der Waals surface area contributed by atoms with E-state index >= 15 is 0 Å². The van der Waals surface area contributed by atoms with Crippen molar-refractivity contribution in [3.63, 3.8) is 0 Å². The molecule has 0 saturated heterocycles. The van der Waals surface area contributed by atoms with Crippen LogP contribution in [0.25, 0.3) is 0 Å². The predicted molar refractivity (Wildman–Crippen MR) is 66.4 cm³/mol. The summed E-state index contributed by atoms with van der Waals surface area (Å²) in [5, 5.41) is 0. The van der Waals surface area contributed by atoms with Gasteiger partial charge in [-0.3, -0.25) is 4.79 Å². The van der Waals surface area contributed by atoms with Gasteiger partial charge < -0.3 is 9.32 Å². The molecule has 0 bridgehead atoms. The molecule has 1 aromatic rings. The Labute approximate surface area is 106 Å². The summed E-state index contributed by atoms with van der Waals surface area (Å²) in [4.78, 5) is 14.0. The zero-order valence-electron chi connectivity index (χ0n) is 8.67. The first-order chi connectivity index (χ1) is 7.02. The molecule has 0 radical (unpaired) electrons. The van der Waals surface area contributed by atoms with Crippen molar-refractivity contribution in [2.24, 2.45) is 0 Å². The van der Waals surface area contributed by atoms with Crippen LogP contribution >= 0.6 is 31.9 Å². The number of nitrogens with zero attached hydrogens (tertiary/aromatic N) is 1. The van der Waals surface area contributed by atoms with Crippen LogP contribution in [-0.4, -0.2) is 29.2 Å². The monoisotopic (exact) mass is 337 g/mol. The SMILES string of the molecule is CC(Br)CCN(C)C(=O)c1ccoc1Br. The zero-order chi connectivity index (χ0) is 11.4. The number of hydrogen-bond donors (Lipinski definition) is 0. The number of rotatable bonds is 4. The lowest BCUT2D eigenvalue weighted by molar-refractivity contribution is 0.0792. The van der Waals surface area contributed by atoms with Gasteiger partial charge in [-0.05, 0) is 28.4 Å². The topological polar surface area (TPSA) is 33.5 Å². The second kappa shape index (κ2) is 5.70. The molecule has 0 aliphatic heterocycles. The van der Waals surface area contributed by atoms with Crippen molar-refractivity contribution in [2.75, 3.05) is 13.6 Å². The highest BCUT2D eigenvalue weighted by Gasteiger charge is 2.16. The minimum Gasteiger partial charge on any atom is -0.457 e. The summed E-state index contributed by atoms with van der Waals surface area (Å²) >= 11 is 6.64. The molecule has 0 spiro atoms. The van der Waals surface area contributed by atoms with Crippen LogP contribution in [0.5, 0.6) is 0 Å². The molecule has 0 fully saturated rings. The summed E-state index contributed by atoms with van der Waals surface area (Å²) in [7, 11) is 1.79. The van der Waals surface area contributed by atoms with Crippen LogP contribution in [0.15, 0.2) is 21.4 Å². The molecule has 1 rings (SSSR count). The van der Waals surface area contributed by atoms with Gasteiger partial charge in [0.25, 0.3) is 5.91 Å². The molecule has 1 atom stereocenters. The standard InChI is InChI=1S/C10H13Br2NO2/c1-7(11)3-5-13(2)10(14)8-4-6-15-9(8)12/h4,6-7H,3,5H2,1-2H3. The van der Waals surface area contributed by atoms with E-state index in [0.717, 1.165) is 13.0 Å². The lowest BCUT2D eigenvalue weighted by Crippen LogP contribution is -2.28. The third-order valence-corrected chi connectivity index (χ3v) is 3.13. The molecule has 0 aromatic carbocycles. The van der Waals surface area contributed by atoms with Crippen LogP contribution < -0.4 is 0 Å². The molecule has 0 N–H and O–H groups in total. The van der Waals surface area contributed by atoms with E-state index in [9.17, 15) is 4.79 Å². The van der Waals surface area contributed by atoms with Crippen molar-refractivity contribution in [1.29, 1.82) is 0 Å². The van der Waals surface area contributed by atoms with Crippen LogP contribution in [0.2, 0.25) is 0 Å². The van der Waals surface area contributed by atoms with E-state index in [1.54, 1.807) is 18.0 Å². The molecule has 5 heteroatoms. The highest BCUT2D eigenvalue weighted by molar-refractivity contribution is 9.10. The fraction of sp³-hybridized carbons (Fsp3) is 0.500. The predicted octanol–water partition coefficient (Wildman–Crippen LogP) is 3.29. The Hall–Kier alpha value is -0.290. The molecule has 84 valence electrons. The maximum Gasteiger partial charge on any atom is 0.258 e. The lowest BCUT2D eigenvalue weighted by atomic mass is 10.2. The van der Waals surface area contributed by atoms with E-state index in [-0.39, 0.29) is 5.91 Å². The molecule has 1 heterocycles. The van der Waals surface area contributed by atoms with E-state index in [4.69, 9.17) is 4.42 Å². The maximum absolute atomic E-state index is 11.9. The minimum absolute atomic E-state index is 0.0243. The van der Waals surface area contributed by atoms with Crippen molar-refractivity contribution in [1.82, 2.24) is 4.90 Å². The average Bonchev–Trinajstić information content (AvgIpc) is 2.59. The van der Waals surface area contributed by atoms with E-state index in [0.29, 0.717) is 15.1 Å². The minimum atomic E-state index is -0.0243. The number of amides is 1. The number of furan rings is 1. The van der Waals surface area contributed by atoms with Gasteiger partial charge in [0.2, 0.25) is 0 Å². The molecule has 0 aliphatic carbocycles. The summed E-state index contributed by atoms with van der Waals surface area (Å²) in [5.41, 5.74) is 0.569. The summed E-state index contributed by atoms with van der Waals surface area (Å²) in [6.45, 7) is 2.79. The van der Waals surface area contributed by atoms with Crippen molar-refractivity contribution in [3.05, 3.63) is 22.6 Å². The Bertz CT molecular complexity index is 336. The molecule has 3 nitrogen and oxygen atoms in total. The molecule has 1 amide bonds. The Morgan fingerprint density at radius 1 is 1.67 bits per heavy atom. The summed E-state index contributed by atoms with van der Waals surface area (Å²) in [5.74, 6) is -0.0243. The largest absolute Gasteiger partial charge is 0.457 e. The van der Waals surface area contributed by atoms with E-state index in [2.05, 4.69) is 38.8 Å². The van der Waals surface area contributed by atoms with Gasteiger partial charge in [0.05, 0.1) is 11.8 Å². The quantitative estimate of drug-likeness (QED) is 0.789. The summed E-state index contributed by atoms with van der Waals surface area (Å²) in [6, 6.07) is 1.67. The van der Waals surface area contributed by atoms with Crippen LogP contribution in [-0.2, 0) is 0 Å². The molecule has 1 unspecified atom stereocenters. The Kier molecular flexibility index (Phi) is 4.86. The highest BCUT2D eigenvalue weighted by atomic mass is 79.9. The van der Waals surface area contributed by atoms with Gasteiger partial charge in [0.1, 0.15) is 0 Å². The van der Waals surface area contributed by atoms with Crippen LogP contribution in [0.4, 0.5) is 0 Å². The molecular weight excluding hydrogens is 326 g/mol. The maximum atomic E-state index is 11.9. The van der Waals surface area contributed by atoms with Crippen LogP contribution in [0.3, 0.4) is 0 Å². The molecule has 0 aliphatic rings. The second-order valence-electron chi connectivity index (χ2n) is 3.40. The van der Waals surface area contributed by atoms with Crippen molar-refractivity contribution in [3.8, 4) is 0 Å². The van der Waals surface area contributed by atoms with Crippen LogP contribution in [0, 0.1) is 0 Å². The van der Waals surface area contributed by atoms with Gasteiger partial charge in [0, 0.05) is 18.4 Å². The highest BCUT2D eigenvalue weighted by Crippen LogP contribution is 2.19. The molecule has 0 saturated carbocycles. The normalized spacial score (nSPS) is 12.5. The first-order valence-corrected chi connectivity index (χ1v) is 6.35. The van der Waals surface area contributed by atoms with Crippen molar-refractivity contribution < 1.29 is 9.21 Å². The first kappa shape index (κ1) is 12.8. The first-order valence-electron chi connectivity index (χ1n) is 4.65. The third-order valence-electron chi connectivity index (χ3n) is 2.06. The van der Waals surface area contributed by atoms with Gasteiger partial charge >= 0.3 is 0 Å². The van der Waals surface area contributed by atoms with Gasteiger partial charge in [0.15, 0.2) is 4.67 Å². The fourth-order valence-electron chi connectivity index (χ4n) is 1.12. The number of alkyl halides is 1. The number of carbonyl (C=O) groups is 1. The van der Waals surface area contributed by atoms with E-state index < -0.39 is 0 Å². The van der Waals surface area contributed by atoms with Crippen LogP contribution in [0.1, 0.15) is 23.7 Å². The van der Waals surface area contributed by atoms with Crippen molar-refractivity contribution in [2.45, 2.75) is 18.2 Å². The van der Waals surface area contributed by atoms with Gasteiger partial charge in [-0.25, -0.2) is 0 Å². The smallest absolute Gasteiger partial charge is 0.258 e. The van der Waals surface area contributed by atoms with Gasteiger partial charge in [-0.2, -0.15) is 0 Å². The van der Waals surface area contributed by atoms with E-state index in [1.807, 2.05) is 0 Å². The number of carbonyl (C=O) groups excluding carboxylic acids is 1. The number of hydrogen-bond acceptors (Lipinski definition) is 2.